The Balaban J connectivity index is 1.48. The van der Waals surface area contributed by atoms with Gasteiger partial charge in [-0.3, -0.25) is 0 Å². The summed E-state index contributed by atoms with van der Waals surface area (Å²) in [6.07, 6.45) is 2.72. The molecule has 0 unspecified atom stereocenters. The largest absolute Gasteiger partial charge is 0.405 e. The molecule has 0 aromatic heterocycles. The van der Waals surface area contributed by atoms with Crippen molar-refractivity contribution >= 4 is 18.7 Å². The molecule has 0 bridgehead atoms. The van der Waals surface area contributed by atoms with Gasteiger partial charge in [0, 0.05) is 5.41 Å². The highest BCUT2D eigenvalue weighted by Crippen LogP contribution is 2.67. The number of aliphatic hydroxyl groups is 1. The third kappa shape index (κ3) is 3.61. The van der Waals surface area contributed by atoms with Crippen molar-refractivity contribution in [3.63, 3.8) is 0 Å². The third-order valence-electron chi connectivity index (χ3n) is 9.87. The van der Waals surface area contributed by atoms with E-state index in [9.17, 15) is 5.11 Å². The molecule has 5 atom stereocenters. The lowest BCUT2D eigenvalue weighted by Gasteiger charge is -2.65. The number of hydrogen-bond acceptors (Lipinski definition) is 4. The van der Waals surface area contributed by atoms with Crippen LogP contribution in [0.25, 0.3) is 0 Å². The van der Waals surface area contributed by atoms with Gasteiger partial charge in [0.15, 0.2) is 0 Å². The average Bonchev–Trinajstić information content (AvgIpc) is 3.00. The van der Waals surface area contributed by atoms with E-state index in [1.54, 1.807) is 0 Å². The van der Waals surface area contributed by atoms with Crippen LogP contribution < -0.4 is 10.4 Å². The smallest absolute Gasteiger partial charge is 0.261 e. The van der Waals surface area contributed by atoms with Crippen molar-refractivity contribution in [1.29, 1.82) is 0 Å². The first-order valence-corrected chi connectivity index (χ1v) is 15.5. The first-order chi connectivity index (χ1) is 16.8. The normalized spacial score (nSPS) is 34.6. The summed E-state index contributed by atoms with van der Waals surface area (Å²) in [5.41, 5.74) is -1.55. The van der Waals surface area contributed by atoms with Crippen molar-refractivity contribution in [1.82, 2.24) is 0 Å². The van der Waals surface area contributed by atoms with Crippen LogP contribution in [0.5, 0.6) is 0 Å². The number of benzene rings is 2. The van der Waals surface area contributed by atoms with Crippen LogP contribution in [0.15, 0.2) is 60.7 Å². The Labute approximate surface area is 218 Å². The second kappa shape index (κ2) is 8.50. The van der Waals surface area contributed by atoms with E-state index in [0.717, 1.165) is 19.3 Å². The van der Waals surface area contributed by atoms with E-state index in [2.05, 4.69) is 95.3 Å². The minimum Gasteiger partial charge on any atom is -0.405 e. The lowest BCUT2D eigenvalue weighted by molar-refractivity contribution is -0.359. The molecule has 1 aliphatic carbocycles. The standard InChI is InChI=1S/C31H44O4Si/c1-27(2,3)36(24-14-10-8-11-15-24,25-16-12-9-13-17-25)34-21-26-30(7)31(35-26)20-23(28(4,5)32)18-19-29(31,6)22-33-30/h8-17,23,26,32H,18-22H2,1-7H3/t23-,26-,29+,30-,31-/m1/s1. The van der Waals surface area contributed by atoms with E-state index in [4.69, 9.17) is 13.9 Å². The molecule has 0 radical (unpaired) electrons. The van der Waals surface area contributed by atoms with E-state index in [-0.39, 0.29) is 28.1 Å². The van der Waals surface area contributed by atoms with Crippen molar-refractivity contribution in [3.05, 3.63) is 60.7 Å². The van der Waals surface area contributed by atoms with Crippen LogP contribution in [0, 0.1) is 11.3 Å². The molecule has 2 aliphatic heterocycles. The maximum atomic E-state index is 10.9. The zero-order valence-corrected chi connectivity index (χ0v) is 24.1. The SMILES string of the molecule is CC(C)(O)[C@@H]1CC[C@@]2(C)CO[C@]3(C)[C@@H](CO[Si](c4ccccc4)(c4ccccc4)C(C)(C)C)O[C@]23C1. The van der Waals surface area contributed by atoms with Crippen molar-refractivity contribution in [3.8, 4) is 0 Å². The Bertz CT molecular complexity index is 1040. The maximum absolute atomic E-state index is 10.9. The molecule has 36 heavy (non-hydrogen) atoms. The fourth-order valence-electron chi connectivity index (χ4n) is 7.52. The highest BCUT2D eigenvalue weighted by molar-refractivity contribution is 6.99. The molecule has 1 N–H and O–H groups in total. The quantitative estimate of drug-likeness (QED) is 0.554. The lowest BCUT2D eigenvalue weighted by atomic mass is 9.52. The molecule has 4 nitrogen and oxygen atoms in total. The summed E-state index contributed by atoms with van der Waals surface area (Å²) in [4.78, 5) is 0. The maximum Gasteiger partial charge on any atom is 0.261 e. The van der Waals surface area contributed by atoms with Gasteiger partial charge in [0.05, 0.1) is 18.8 Å². The minimum atomic E-state index is -2.65. The molecule has 3 fully saturated rings. The summed E-state index contributed by atoms with van der Waals surface area (Å²) >= 11 is 0. The molecule has 5 rings (SSSR count). The highest BCUT2D eigenvalue weighted by Gasteiger charge is 2.78. The summed E-state index contributed by atoms with van der Waals surface area (Å²) in [5.74, 6) is 0.199. The molecule has 2 aromatic rings. The molecule has 3 aliphatic rings. The summed E-state index contributed by atoms with van der Waals surface area (Å²) in [6, 6.07) is 21.6. The van der Waals surface area contributed by atoms with Crippen molar-refractivity contribution in [2.75, 3.05) is 13.2 Å². The second-order valence-corrected chi connectivity index (χ2v) is 17.8. The number of hydrogen-bond donors (Lipinski definition) is 1. The molecule has 0 amide bonds. The fourth-order valence-corrected chi connectivity index (χ4v) is 12.1. The van der Waals surface area contributed by atoms with E-state index < -0.39 is 19.5 Å². The van der Waals surface area contributed by atoms with Crippen molar-refractivity contribution in [2.24, 2.45) is 11.3 Å². The second-order valence-electron chi connectivity index (χ2n) is 13.5. The monoisotopic (exact) mass is 508 g/mol. The first kappa shape index (κ1) is 26.1. The molecule has 2 aromatic carbocycles. The summed E-state index contributed by atoms with van der Waals surface area (Å²) < 4.78 is 20.8. The van der Waals surface area contributed by atoms with Crippen LogP contribution in [0.2, 0.25) is 5.04 Å². The summed E-state index contributed by atoms with van der Waals surface area (Å²) in [6.45, 7) is 16.5. The lowest BCUT2D eigenvalue weighted by Crippen LogP contribution is -2.78. The van der Waals surface area contributed by atoms with Crippen molar-refractivity contribution < 1.29 is 19.0 Å². The van der Waals surface area contributed by atoms with Crippen LogP contribution in [-0.2, 0) is 13.9 Å². The van der Waals surface area contributed by atoms with Crippen LogP contribution >= 0.6 is 0 Å². The van der Waals surface area contributed by atoms with E-state index in [1.807, 2.05) is 13.8 Å². The zero-order chi connectivity index (χ0) is 26.0. The predicted molar refractivity (Wildman–Crippen MR) is 147 cm³/mol. The van der Waals surface area contributed by atoms with Crippen LogP contribution in [0.4, 0.5) is 0 Å². The van der Waals surface area contributed by atoms with Gasteiger partial charge in [-0.25, -0.2) is 0 Å². The Morgan fingerprint density at radius 2 is 1.50 bits per heavy atom. The van der Waals surface area contributed by atoms with Gasteiger partial charge in [0.2, 0.25) is 0 Å². The topological polar surface area (TPSA) is 47.9 Å². The van der Waals surface area contributed by atoms with E-state index in [1.165, 1.54) is 10.4 Å². The van der Waals surface area contributed by atoms with Crippen LogP contribution in [0.3, 0.4) is 0 Å². The minimum absolute atomic E-state index is 0.0304. The van der Waals surface area contributed by atoms with Crippen molar-refractivity contribution in [2.45, 2.75) is 95.7 Å². The summed E-state index contributed by atoms with van der Waals surface area (Å²) in [5, 5.41) is 13.3. The van der Waals surface area contributed by atoms with E-state index in [0.29, 0.717) is 13.2 Å². The van der Waals surface area contributed by atoms with Crippen LogP contribution in [0.1, 0.15) is 67.7 Å². The summed E-state index contributed by atoms with van der Waals surface area (Å²) in [7, 11) is -2.65. The van der Waals surface area contributed by atoms with Gasteiger partial charge < -0.3 is 19.0 Å². The molecule has 1 saturated carbocycles. The van der Waals surface area contributed by atoms with Gasteiger partial charge in [0.1, 0.15) is 17.3 Å². The molecule has 196 valence electrons. The molecule has 1 spiro atoms. The predicted octanol–water partition coefficient (Wildman–Crippen LogP) is 5.07. The molecule has 5 heteroatoms. The average molecular weight is 509 g/mol. The Kier molecular flexibility index (Phi) is 6.17. The van der Waals surface area contributed by atoms with Gasteiger partial charge in [-0.2, -0.15) is 0 Å². The van der Waals surface area contributed by atoms with Gasteiger partial charge in [0.25, 0.3) is 8.32 Å². The number of ether oxygens (including phenoxy) is 2. The van der Waals surface area contributed by atoms with Gasteiger partial charge >= 0.3 is 0 Å². The molecule has 2 heterocycles. The number of rotatable bonds is 6. The molecule has 2 saturated heterocycles. The Hall–Kier alpha value is -1.50. The fraction of sp³-hybridized carbons (Fsp3) is 0.613. The Morgan fingerprint density at radius 3 is 2.00 bits per heavy atom. The van der Waals surface area contributed by atoms with Gasteiger partial charge in [-0.05, 0) is 61.4 Å². The zero-order valence-electron chi connectivity index (χ0n) is 23.1. The molecular formula is C31H44O4Si. The van der Waals surface area contributed by atoms with E-state index >= 15 is 0 Å². The first-order valence-electron chi connectivity index (χ1n) is 13.6. The van der Waals surface area contributed by atoms with Gasteiger partial charge in [-0.15, -0.1) is 0 Å². The third-order valence-corrected chi connectivity index (χ3v) is 14.9. The highest BCUT2D eigenvalue weighted by atomic mass is 28.4. The molecular weight excluding hydrogens is 464 g/mol. The Morgan fingerprint density at radius 1 is 0.944 bits per heavy atom. The van der Waals surface area contributed by atoms with Gasteiger partial charge in [-0.1, -0.05) is 88.4 Å². The van der Waals surface area contributed by atoms with Crippen LogP contribution in [-0.4, -0.2) is 49.5 Å².